The Bertz CT molecular complexity index is 706. The molecule has 2 aliphatic rings. The van der Waals surface area contributed by atoms with Gasteiger partial charge in [0.05, 0.1) is 17.4 Å². The van der Waals surface area contributed by atoms with Crippen LogP contribution in [0.25, 0.3) is 0 Å². The third-order valence-electron chi connectivity index (χ3n) is 5.41. The van der Waals surface area contributed by atoms with E-state index in [0.717, 1.165) is 36.1 Å². The van der Waals surface area contributed by atoms with E-state index in [9.17, 15) is 4.79 Å². The minimum atomic E-state index is -0.00331. The minimum absolute atomic E-state index is 0.00331. The molecule has 1 N–H and O–H groups in total. The molecule has 2 aromatic rings. The van der Waals surface area contributed by atoms with Crippen molar-refractivity contribution in [2.24, 2.45) is 5.92 Å². The van der Waals surface area contributed by atoms with Gasteiger partial charge in [-0.1, -0.05) is 0 Å². The molecule has 26 heavy (non-hydrogen) atoms. The van der Waals surface area contributed by atoms with Crippen molar-refractivity contribution in [1.29, 1.82) is 0 Å². The maximum absolute atomic E-state index is 12.4. The third kappa shape index (κ3) is 4.19. The van der Waals surface area contributed by atoms with Crippen molar-refractivity contribution in [3.05, 3.63) is 46.0 Å². The molecule has 140 valence electrons. The van der Waals surface area contributed by atoms with E-state index in [4.69, 9.17) is 9.15 Å². The van der Waals surface area contributed by atoms with Gasteiger partial charge in [0, 0.05) is 42.8 Å². The van der Waals surface area contributed by atoms with Crippen LogP contribution in [-0.2, 0) is 11.3 Å². The second-order valence-corrected chi connectivity index (χ2v) is 8.34. The van der Waals surface area contributed by atoms with Gasteiger partial charge in [-0.3, -0.25) is 9.69 Å². The van der Waals surface area contributed by atoms with Crippen LogP contribution in [0.15, 0.2) is 35.1 Å². The molecule has 6 heteroatoms. The fraction of sp³-hybridized carbons (Fsp3) is 0.550. The first-order chi connectivity index (χ1) is 12.8. The number of amides is 1. The van der Waals surface area contributed by atoms with Gasteiger partial charge in [0.1, 0.15) is 0 Å². The van der Waals surface area contributed by atoms with Crippen molar-refractivity contribution in [3.8, 4) is 0 Å². The van der Waals surface area contributed by atoms with Crippen LogP contribution in [0.1, 0.15) is 51.8 Å². The molecule has 0 aromatic carbocycles. The average Bonchev–Trinajstić information content (AvgIpc) is 3.41. The first-order valence-electron chi connectivity index (χ1n) is 9.50. The lowest BCUT2D eigenvalue weighted by Gasteiger charge is -2.30. The van der Waals surface area contributed by atoms with Crippen LogP contribution in [-0.4, -0.2) is 37.1 Å². The zero-order valence-corrected chi connectivity index (χ0v) is 15.8. The van der Waals surface area contributed by atoms with Crippen LogP contribution in [0.5, 0.6) is 0 Å². The molecule has 0 radical (unpaired) electrons. The van der Waals surface area contributed by atoms with Crippen molar-refractivity contribution in [2.75, 3.05) is 26.3 Å². The van der Waals surface area contributed by atoms with Crippen molar-refractivity contribution >= 4 is 17.2 Å². The monoisotopic (exact) mass is 374 g/mol. The first-order valence-corrected chi connectivity index (χ1v) is 10.3. The highest BCUT2D eigenvalue weighted by Gasteiger charge is 2.30. The normalized spacial score (nSPS) is 21.9. The van der Waals surface area contributed by atoms with E-state index in [1.807, 2.05) is 12.1 Å². The number of hydrogen-bond acceptors (Lipinski definition) is 5. The van der Waals surface area contributed by atoms with Gasteiger partial charge in [-0.15, -0.1) is 11.3 Å². The number of carbonyl (C=O) groups is 1. The molecule has 0 spiro atoms. The van der Waals surface area contributed by atoms with Gasteiger partial charge < -0.3 is 14.5 Å². The molecule has 2 aliphatic heterocycles. The summed E-state index contributed by atoms with van der Waals surface area (Å²) in [6.07, 6.45) is 8.07. The van der Waals surface area contributed by atoms with Gasteiger partial charge in [-0.2, -0.15) is 0 Å². The Kier molecular flexibility index (Phi) is 5.72. The number of furan rings is 1. The molecular formula is C20H26N2O3S. The van der Waals surface area contributed by atoms with Gasteiger partial charge in [0.15, 0.2) is 0 Å². The van der Waals surface area contributed by atoms with Crippen LogP contribution >= 0.6 is 11.3 Å². The van der Waals surface area contributed by atoms with Crippen molar-refractivity contribution < 1.29 is 13.9 Å². The smallest absolute Gasteiger partial charge is 0.261 e. The highest BCUT2D eigenvalue weighted by molar-refractivity contribution is 7.14. The van der Waals surface area contributed by atoms with Gasteiger partial charge in [-0.05, 0) is 56.3 Å². The Balaban J connectivity index is 1.35. The van der Waals surface area contributed by atoms with E-state index in [2.05, 4.69) is 16.3 Å². The fourth-order valence-corrected chi connectivity index (χ4v) is 5.04. The van der Waals surface area contributed by atoms with E-state index in [-0.39, 0.29) is 5.91 Å². The SMILES string of the molecule is O=C(NCc1ccoc1)c1ccc([C@@H]2CCCN2CC2CCOCC2)s1. The standard InChI is InChI=1S/C20H26N2O3S/c23-20(21-12-16-7-11-25-14-16)19-4-3-18(26-19)17-2-1-8-22(17)13-15-5-9-24-10-6-15/h3-4,7,11,14-15,17H,1-2,5-6,8-10,12-13H2,(H,21,23)/t17-/m0/s1. The summed E-state index contributed by atoms with van der Waals surface area (Å²) in [6, 6.07) is 6.45. The number of rotatable bonds is 6. The molecule has 0 aliphatic carbocycles. The van der Waals surface area contributed by atoms with Crippen molar-refractivity contribution in [2.45, 2.75) is 38.3 Å². The second kappa shape index (κ2) is 8.37. The zero-order valence-electron chi connectivity index (χ0n) is 15.0. The summed E-state index contributed by atoms with van der Waals surface area (Å²) in [5.74, 6) is 0.749. The molecule has 4 rings (SSSR count). The van der Waals surface area contributed by atoms with Crippen LogP contribution in [0.4, 0.5) is 0 Å². The number of likely N-dealkylation sites (tertiary alicyclic amines) is 1. The minimum Gasteiger partial charge on any atom is -0.472 e. The topological polar surface area (TPSA) is 54.7 Å². The molecule has 0 saturated carbocycles. The Morgan fingerprint density at radius 2 is 2.12 bits per heavy atom. The molecule has 2 fully saturated rings. The third-order valence-corrected chi connectivity index (χ3v) is 6.59. The number of nitrogens with one attached hydrogen (secondary N) is 1. The lowest BCUT2D eigenvalue weighted by molar-refractivity contribution is 0.0508. The Hall–Kier alpha value is -1.63. The predicted octanol–water partition coefficient (Wildman–Crippen LogP) is 3.83. The number of hydrogen-bond donors (Lipinski definition) is 1. The molecule has 0 unspecified atom stereocenters. The van der Waals surface area contributed by atoms with E-state index in [1.54, 1.807) is 23.9 Å². The lowest BCUT2D eigenvalue weighted by atomic mass is 9.99. The summed E-state index contributed by atoms with van der Waals surface area (Å²) in [5.41, 5.74) is 0.980. The van der Waals surface area contributed by atoms with Crippen LogP contribution in [0, 0.1) is 5.92 Å². The van der Waals surface area contributed by atoms with E-state index in [0.29, 0.717) is 12.6 Å². The molecular weight excluding hydrogens is 348 g/mol. The number of ether oxygens (including phenoxy) is 1. The van der Waals surface area contributed by atoms with Gasteiger partial charge in [-0.25, -0.2) is 0 Å². The maximum atomic E-state index is 12.4. The van der Waals surface area contributed by atoms with Gasteiger partial charge >= 0.3 is 0 Å². The zero-order chi connectivity index (χ0) is 17.8. The van der Waals surface area contributed by atoms with E-state index >= 15 is 0 Å². The summed E-state index contributed by atoms with van der Waals surface area (Å²) in [7, 11) is 0. The summed E-state index contributed by atoms with van der Waals surface area (Å²) in [4.78, 5) is 17.1. The Morgan fingerprint density at radius 1 is 1.23 bits per heavy atom. The largest absolute Gasteiger partial charge is 0.472 e. The van der Waals surface area contributed by atoms with Crippen molar-refractivity contribution in [1.82, 2.24) is 10.2 Å². The highest BCUT2D eigenvalue weighted by atomic mass is 32.1. The fourth-order valence-electron chi connectivity index (χ4n) is 3.94. The highest BCUT2D eigenvalue weighted by Crippen LogP contribution is 2.37. The van der Waals surface area contributed by atoms with E-state index in [1.165, 1.54) is 37.1 Å². The number of thiophene rings is 1. The lowest BCUT2D eigenvalue weighted by Crippen LogP contribution is -2.32. The molecule has 0 bridgehead atoms. The number of nitrogens with zero attached hydrogens (tertiary/aromatic N) is 1. The average molecular weight is 375 g/mol. The predicted molar refractivity (Wildman–Crippen MR) is 101 cm³/mol. The molecule has 2 aromatic heterocycles. The van der Waals surface area contributed by atoms with Gasteiger partial charge in [0.25, 0.3) is 5.91 Å². The van der Waals surface area contributed by atoms with Crippen LogP contribution < -0.4 is 5.32 Å². The molecule has 1 amide bonds. The summed E-state index contributed by atoms with van der Waals surface area (Å²) >= 11 is 1.64. The van der Waals surface area contributed by atoms with Crippen LogP contribution in [0.2, 0.25) is 0 Å². The summed E-state index contributed by atoms with van der Waals surface area (Å²) in [5, 5.41) is 2.97. The Morgan fingerprint density at radius 3 is 2.92 bits per heavy atom. The maximum Gasteiger partial charge on any atom is 0.261 e. The van der Waals surface area contributed by atoms with E-state index < -0.39 is 0 Å². The number of carbonyl (C=O) groups excluding carboxylic acids is 1. The molecule has 1 atom stereocenters. The van der Waals surface area contributed by atoms with Gasteiger partial charge in [0.2, 0.25) is 0 Å². The summed E-state index contributed by atoms with van der Waals surface area (Å²) < 4.78 is 10.5. The first kappa shape index (κ1) is 17.8. The second-order valence-electron chi connectivity index (χ2n) is 7.23. The quantitative estimate of drug-likeness (QED) is 0.835. The molecule has 2 saturated heterocycles. The van der Waals surface area contributed by atoms with Crippen molar-refractivity contribution in [3.63, 3.8) is 0 Å². The molecule has 5 nitrogen and oxygen atoms in total. The van der Waals surface area contributed by atoms with Crippen LogP contribution in [0.3, 0.4) is 0 Å². The summed E-state index contributed by atoms with van der Waals surface area (Å²) in [6.45, 7) is 4.64. The Labute approximate surface area is 158 Å². The molecule has 4 heterocycles.